The molecule has 2 nitrogen and oxygen atoms in total. The number of rotatable bonds is 4. The van der Waals surface area contributed by atoms with Crippen molar-refractivity contribution in [3.05, 3.63) is 0 Å². The number of aliphatic hydroxyl groups is 1. The Bertz CT molecular complexity index is 301. The van der Waals surface area contributed by atoms with Crippen molar-refractivity contribution in [2.45, 2.75) is 84.0 Å². The molecule has 5 atom stereocenters. The fourth-order valence-electron chi connectivity index (χ4n) is 4.18. The maximum absolute atomic E-state index is 11.3. The topological polar surface area (TPSA) is 32.8 Å². The van der Waals surface area contributed by atoms with E-state index in [0.717, 1.165) is 25.7 Å². The SMILES string of the molecule is CCC[C@H]1O[C@@]1(C)C1(O)CC(C)CCC1C(C)C. The van der Waals surface area contributed by atoms with Crippen LogP contribution in [0.5, 0.6) is 0 Å². The van der Waals surface area contributed by atoms with Crippen molar-refractivity contribution < 1.29 is 9.84 Å². The van der Waals surface area contributed by atoms with Gasteiger partial charge in [-0.1, -0.05) is 40.5 Å². The summed E-state index contributed by atoms with van der Waals surface area (Å²) >= 11 is 0. The van der Waals surface area contributed by atoms with Gasteiger partial charge in [0.05, 0.1) is 11.7 Å². The second-order valence-corrected chi connectivity index (χ2v) is 7.16. The smallest absolute Gasteiger partial charge is 0.121 e. The van der Waals surface area contributed by atoms with Crippen LogP contribution in [0.2, 0.25) is 0 Å². The van der Waals surface area contributed by atoms with Crippen LogP contribution in [-0.4, -0.2) is 22.4 Å². The molecule has 106 valence electrons. The summed E-state index contributed by atoms with van der Waals surface area (Å²) in [6.45, 7) is 11.1. The molecule has 2 fully saturated rings. The first-order valence-corrected chi connectivity index (χ1v) is 7.75. The van der Waals surface area contributed by atoms with Crippen molar-refractivity contribution in [1.29, 1.82) is 0 Å². The average molecular weight is 254 g/mol. The molecule has 1 aliphatic carbocycles. The zero-order valence-electron chi connectivity index (χ0n) is 12.7. The van der Waals surface area contributed by atoms with Crippen molar-refractivity contribution in [1.82, 2.24) is 0 Å². The van der Waals surface area contributed by atoms with Gasteiger partial charge in [-0.15, -0.1) is 0 Å². The molecule has 1 N–H and O–H groups in total. The van der Waals surface area contributed by atoms with Crippen LogP contribution in [-0.2, 0) is 4.74 Å². The molecule has 1 saturated carbocycles. The minimum absolute atomic E-state index is 0.277. The van der Waals surface area contributed by atoms with Gasteiger partial charge in [0.25, 0.3) is 0 Å². The molecule has 0 radical (unpaired) electrons. The van der Waals surface area contributed by atoms with Gasteiger partial charge in [-0.2, -0.15) is 0 Å². The van der Waals surface area contributed by atoms with Gasteiger partial charge in [0.1, 0.15) is 5.60 Å². The Morgan fingerprint density at radius 1 is 1.33 bits per heavy atom. The van der Waals surface area contributed by atoms with Gasteiger partial charge in [0, 0.05) is 0 Å². The predicted octanol–water partition coefficient (Wildman–Crippen LogP) is 3.77. The first-order chi connectivity index (χ1) is 8.35. The van der Waals surface area contributed by atoms with Crippen molar-refractivity contribution in [3.8, 4) is 0 Å². The van der Waals surface area contributed by atoms with Gasteiger partial charge in [-0.05, 0) is 43.9 Å². The van der Waals surface area contributed by atoms with Crippen LogP contribution in [0.25, 0.3) is 0 Å². The van der Waals surface area contributed by atoms with Crippen LogP contribution >= 0.6 is 0 Å². The normalized spacial score (nSPS) is 48.5. The molecule has 0 aromatic heterocycles. The molecule has 18 heavy (non-hydrogen) atoms. The summed E-state index contributed by atoms with van der Waals surface area (Å²) in [5, 5.41) is 11.3. The van der Waals surface area contributed by atoms with Gasteiger partial charge in [0.2, 0.25) is 0 Å². The Morgan fingerprint density at radius 3 is 2.56 bits per heavy atom. The Labute approximate surface area is 112 Å². The summed E-state index contributed by atoms with van der Waals surface area (Å²) in [5.41, 5.74) is -0.898. The molecule has 2 rings (SSSR count). The Kier molecular flexibility index (Phi) is 3.81. The number of hydrogen-bond donors (Lipinski definition) is 1. The molecule has 0 bridgehead atoms. The summed E-state index contributed by atoms with van der Waals surface area (Å²) in [6, 6.07) is 0. The first-order valence-electron chi connectivity index (χ1n) is 7.75. The van der Waals surface area contributed by atoms with Crippen molar-refractivity contribution >= 4 is 0 Å². The molecule has 1 aliphatic heterocycles. The Balaban J connectivity index is 2.20. The first kappa shape index (κ1) is 14.3. The number of ether oxygens (including phenoxy) is 1. The van der Waals surface area contributed by atoms with E-state index in [0.29, 0.717) is 17.8 Å². The summed E-state index contributed by atoms with van der Waals surface area (Å²) in [4.78, 5) is 0. The van der Waals surface area contributed by atoms with E-state index in [4.69, 9.17) is 4.74 Å². The van der Waals surface area contributed by atoms with E-state index in [2.05, 4.69) is 34.6 Å². The molecule has 2 heteroatoms. The molecule has 1 heterocycles. The lowest BCUT2D eigenvalue weighted by Crippen LogP contribution is -2.56. The molecule has 2 aliphatic rings. The zero-order valence-corrected chi connectivity index (χ0v) is 12.7. The minimum Gasteiger partial charge on any atom is -0.386 e. The molecule has 0 amide bonds. The standard InChI is InChI=1S/C16H30O2/c1-6-7-14-15(5,18-14)16(17)10-12(4)8-9-13(16)11(2)3/h11-14,17H,6-10H2,1-5H3/t12?,13?,14-,15-,16?/m1/s1. The van der Waals surface area contributed by atoms with Crippen LogP contribution in [0.1, 0.15) is 66.7 Å². The molecule has 0 spiro atoms. The summed E-state index contributed by atoms with van der Waals surface area (Å²) in [7, 11) is 0. The van der Waals surface area contributed by atoms with E-state index < -0.39 is 5.60 Å². The molecular formula is C16H30O2. The van der Waals surface area contributed by atoms with E-state index in [1.165, 1.54) is 6.42 Å². The van der Waals surface area contributed by atoms with Crippen LogP contribution in [0.4, 0.5) is 0 Å². The van der Waals surface area contributed by atoms with Crippen LogP contribution < -0.4 is 0 Å². The van der Waals surface area contributed by atoms with Crippen molar-refractivity contribution in [3.63, 3.8) is 0 Å². The molecule has 1 saturated heterocycles. The molecule has 3 unspecified atom stereocenters. The fraction of sp³-hybridized carbons (Fsp3) is 1.00. The van der Waals surface area contributed by atoms with Crippen LogP contribution in [0.15, 0.2) is 0 Å². The Hall–Kier alpha value is -0.0800. The van der Waals surface area contributed by atoms with Gasteiger partial charge in [-0.25, -0.2) is 0 Å². The number of hydrogen-bond acceptors (Lipinski definition) is 2. The summed E-state index contributed by atoms with van der Waals surface area (Å²) in [6.07, 6.45) is 5.80. The van der Waals surface area contributed by atoms with E-state index >= 15 is 0 Å². The van der Waals surface area contributed by atoms with Crippen molar-refractivity contribution in [2.24, 2.45) is 17.8 Å². The third-order valence-corrected chi connectivity index (χ3v) is 5.40. The third kappa shape index (κ3) is 2.12. The second-order valence-electron chi connectivity index (χ2n) is 7.16. The highest BCUT2D eigenvalue weighted by Gasteiger charge is 2.68. The fourth-order valence-corrected chi connectivity index (χ4v) is 4.18. The summed E-state index contributed by atoms with van der Waals surface area (Å²) in [5.74, 6) is 1.54. The van der Waals surface area contributed by atoms with Gasteiger partial charge >= 0.3 is 0 Å². The highest BCUT2D eigenvalue weighted by Crippen LogP contribution is 2.57. The van der Waals surface area contributed by atoms with E-state index in [9.17, 15) is 5.11 Å². The van der Waals surface area contributed by atoms with E-state index in [1.54, 1.807) is 0 Å². The van der Waals surface area contributed by atoms with E-state index in [-0.39, 0.29) is 11.7 Å². The lowest BCUT2D eigenvalue weighted by molar-refractivity contribution is -0.127. The molecule has 0 aromatic rings. The van der Waals surface area contributed by atoms with Gasteiger partial charge < -0.3 is 9.84 Å². The zero-order chi connectivity index (χ0) is 13.6. The van der Waals surface area contributed by atoms with Gasteiger partial charge in [0.15, 0.2) is 0 Å². The lowest BCUT2D eigenvalue weighted by Gasteiger charge is -2.47. The highest BCUT2D eigenvalue weighted by molar-refractivity contribution is 5.16. The van der Waals surface area contributed by atoms with Crippen LogP contribution in [0.3, 0.4) is 0 Å². The quantitative estimate of drug-likeness (QED) is 0.775. The highest BCUT2D eigenvalue weighted by atomic mass is 16.6. The maximum atomic E-state index is 11.3. The summed E-state index contributed by atoms with van der Waals surface area (Å²) < 4.78 is 5.97. The third-order valence-electron chi connectivity index (χ3n) is 5.40. The number of epoxide rings is 1. The average Bonchev–Trinajstić information content (AvgIpc) is 2.91. The monoisotopic (exact) mass is 254 g/mol. The largest absolute Gasteiger partial charge is 0.386 e. The van der Waals surface area contributed by atoms with Crippen LogP contribution in [0, 0.1) is 17.8 Å². The Morgan fingerprint density at radius 2 is 2.00 bits per heavy atom. The second kappa shape index (κ2) is 4.79. The predicted molar refractivity (Wildman–Crippen MR) is 74.5 cm³/mol. The maximum Gasteiger partial charge on any atom is 0.121 e. The molecular weight excluding hydrogens is 224 g/mol. The van der Waals surface area contributed by atoms with E-state index in [1.807, 2.05) is 0 Å². The van der Waals surface area contributed by atoms with Gasteiger partial charge in [-0.3, -0.25) is 0 Å². The minimum atomic E-state index is -0.612. The van der Waals surface area contributed by atoms with Crippen molar-refractivity contribution in [2.75, 3.05) is 0 Å². The molecule has 0 aromatic carbocycles. The lowest BCUT2D eigenvalue weighted by atomic mass is 9.61.